The Labute approximate surface area is 180 Å². The summed E-state index contributed by atoms with van der Waals surface area (Å²) in [5.74, 6) is 0. The van der Waals surface area contributed by atoms with Crippen LogP contribution >= 0.6 is 11.3 Å². The number of aromatic amines is 1. The summed E-state index contributed by atoms with van der Waals surface area (Å²) in [6.07, 6.45) is 7.54. The maximum Gasteiger partial charge on any atom is 0.155 e. The number of thiophene rings is 1. The Kier molecular flexibility index (Phi) is 3.95. The molecule has 2 aliphatic heterocycles. The van der Waals surface area contributed by atoms with E-state index in [0.29, 0.717) is 12.1 Å². The molecule has 1 saturated heterocycles. The van der Waals surface area contributed by atoms with Gasteiger partial charge in [-0.25, -0.2) is 9.50 Å². The van der Waals surface area contributed by atoms with Crippen molar-refractivity contribution in [2.45, 2.75) is 64.1 Å². The third-order valence-corrected chi connectivity index (χ3v) is 7.54. The Morgan fingerprint density at radius 2 is 2.13 bits per heavy atom. The first kappa shape index (κ1) is 18.3. The first-order chi connectivity index (χ1) is 14.5. The van der Waals surface area contributed by atoms with Crippen molar-refractivity contribution in [2.75, 3.05) is 0 Å². The molecule has 0 spiro atoms. The lowest BCUT2D eigenvalue weighted by Gasteiger charge is -2.36. The van der Waals surface area contributed by atoms with Crippen LogP contribution in [0, 0.1) is 0 Å². The van der Waals surface area contributed by atoms with Gasteiger partial charge in [0.15, 0.2) is 5.65 Å². The van der Waals surface area contributed by atoms with Crippen molar-refractivity contribution in [1.29, 1.82) is 0 Å². The molecule has 0 unspecified atom stereocenters. The van der Waals surface area contributed by atoms with Gasteiger partial charge in [-0.15, -0.1) is 11.3 Å². The molecule has 6 nitrogen and oxygen atoms in total. The molecular weight excluding hydrogens is 392 g/mol. The summed E-state index contributed by atoms with van der Waals surface area (Å²) in [5.41, 5.74) is 7.25. The topological polar surface area (TPSA) is 62.1 Å². The number of hydrogen-bond acceptors (Lipinski definition) is 5. The van der Waals surface area contributed by atoms with Crippen molar-refractivity contribution in [3.05, 3.63) is 58.5 Å². The molecule has 2 atom stereocenters. The molecule has 7 heteroatoms. The number of fused-ring (bicyclic) bond motifs is 6. The molecule has 2 bridgehead atoms. The Hall–Kier alpha value is -2.51. The second-order valence-electron chi connectivity index (χ2n) is 9.58. The fourth-order valence-corrected chi connectivity index (χ4v) is 5.81. The monoisotopic (exact) mass is 418 g/mol. The van der Waals surface area contributed by atoms with E-state index in [1.54, 1.807) is 11.3 Å². The zero-order chi connectivity index (χ0) is 20.5. The van der Waals surface area contributed by atoms with Gasteiger partial charge in [-0.3, -0.25) is 10.00 Å². The largest absolute Gasteiger partial charge is 0.288 e. The van der Waals surface area contributed by atoms with Crippen molar-refractivity contribution in [3.63, 3.8) is 0 Å². The zero-order valence-corrected chi connectivity index (χ0v) is 18.4. The molecule has 154 valence electrons. The number of nitrogens with zero attached hydrogens (tertiary/aromatic N) is 5. The van der Waals surface area contributed by atoms with Gasteiger partial charge in [0.25, 0.3) is 0 Å². The lowest BCUT2D eigenvalue weighted by Crippen LogP contribution is -2.38. The lowest BCUT2D eigenvalue weighted by molar-refractivity contribution is 0.165. The zero-order valence-electron chi connectivity index (χ0n) is 17.6. The first-order valence-electron chi connectivity index (χ1n) is 10.7. The van der Waals surface area contributed by atoms with Gasteiger partial charge >= 0.3 is 0 Å². The van der Waals surface area contributed by atoms with Crippen LogP contribution in [0.5, 0.6) is 0 Å². The van der Waals surface area contributed by atoms with E-state index in [1.807, 2.05) is 6.20 Å². The lowest BCUT2D eigenvalue weighted by atomic mass is 9.93. The summed E-state index contributed by atoms with van der Waals surface area (Å²) in [7, 11) is 0. The van der Waals surface area contributed by atoms with E-state index < -0.39 is 0 Å². The summed E-state index contributed by atoms with van der Waals surface area (Å²) in [6.45, 7) is 7.55. The standard InChI is InChI=1S/C23H26N6S/c1-23(2,3)20-10-21-24-12-16-17-7-6-15(9-18(16)29(21)27-20)28(17)13-14-11-25-26-22(14)19-5-4-8-30-19/h4-5,8,10-12,15,17H,6-7,9,13H2,1-3H3,(H,25,26)/t15-,17+/m0/s1. The van der Waals surface area contributed by atoms with E-state index in [1.165, 1.54) is 34.5 Å². The summed E-state index contributed by atoms with van der Waals surface area (Å²) in [5, 5.41) is 14.7. The molecule has 4 aromatic rings. The molecule has 0 aromatic carbocycles. The Balaban J connectivity index is 1.37. The van der Waals surface area contributed by atoms with Crippen molar-refractivity contribution in [2.24, 2.45) is 0 Å². The van der Waals surface area contributed by atoms with Crippen LogP contribution in [0.2, 0.25) is 0 Å². The van der Waals surface area contributed by atoms with Crippen LogP contribution < -0.4 is 0 Å². The van der Waals surface area contributed by atoms with E-state index in [2.05, 4.69) is 70.2 Å². The van der Waals surface area contributed by atoms with Gasteiger partial charge in [0.2, 0.25) is 0 Å². The molecule has 0 saturated carbocycles. The van der Waals surface area contributed by atoms with Gasteiger partial charge in [0.05, 0.1) is 28.2 Å². The molecule has 1 N–H and O–H groups in total. The highest BCUT2D eigenvalue weighted by Gasteiger charge is 2.41. The summed E-state index contributed by atoms with van der Waals surface area (Å²) < 4.78 is 2.12. The number of aromatic nitrogens is 5. The fraction of sp³-hybridized carbons (Fsp3) is 0.435. The molecule has 30 heavy (non-hydrogen) atoms. The maximum absolute atomic E-state index is 4.96. The smallest absolute Gasteiger partial charge is 0.155 e. The van der Waals surface area contributed by atoms with Crippen LogP contribution in [0.1, 0.15) is 62.2 Å². The molecule has 0 amide bonds. The number of rotatable bonds is 3. The molecule has 4 aromatic heterocycles. The minimum Gasteiger partial charge on any atom is -0.288 e. The molecular formula is C23H26N6S. The van der Waals surface area contributed by atoms with Gasteiger partial charge in [-0.05, 0) is 24.3 Å². The third-order valence-electron chi connectivity index (χ3n) is 6.65. The summed E-state index contributed by atoms with van der Waals surface area (Å²) >= 11 is 1.76. The average molecular weight is 419 g/mol. The highest BCUT2D eigenvalue weighted by Crippen LogP contribution is 2.45. The van der Waals surface area contributed by atoms with E-state index in [-0.39, 0.29) is 5.41 Å². The Morgan fingerprint density at radius 3 is 2.93 bits per heavy atom. The van der Waals surface area contributed by atoms with Gasteiger partial charge in [0, 0.05) is 53.9 Å². The minimum absolute atomic E-state index is 0.0275. The fourth-order valence-electron chi connectivity index (χ4n) is 5.06. The maximum atomic E-state index is 4.96. The molecule has 0 radical (unpaired) electrons. The van der Waals surface area contributed by atoms with Crippen molar-refractivity contribution < 1.29 is 0 Å². The van der Waals surface area contributed by atoms with Crippen LogP contribution in [-0.4, -0.2) is 35.7 Å². The van der Waals surface area contributed by atoms with Crippen LogP contribution in [0.3, 0.4) is 0 Å². The van der Waals surface area contributed by atoms with Crippen LogP contribution in [-0.2, 0) is 18.4 Å². The summed E-state index contributed by atoms with van der Waals surface area (Å²) in [6, 6.07) is 7.35. The summed E-state index contributed by atoms with van der Waals surface area (Å²) in [4.78, 5) is 8.70. The molecule has 1 fully saturated rings. The normalized spacial score (nSPS) is 21.4. The van der Waals surface area contributed by atoms with Gasteiger partial charge in [-0.2, -0.15) is 10.2 Å². The van der Waals surface area contributed by atoms with Crippen molar-refractivity contribution in [3.8, 4) is 10.6 Å². The highest BCUT2D eigenvalue weighted by molar-refractivity contribution is 7.13. The number of H-pyrrole nitrogens is 1. The SMILES string of the molecule is CC(C)(C)c1cc2ncc3c(n2n1)C[C@@H]1CC[C@H]3N1Cc1cn[nH]c1-c1cccs1. The van der Waals surface area contributed by atoms with E-state index in [4.69, 9.17) is 10.1 Å². The predicted octanol–water partition coefficient (Wildman–Crippen LogP) is 4.74. The second-order valence-corrected chi connectivity index (χ2v) is 10.5. The minimum atomic E-state index is 0.0275. The Bertz CT molecular complexity index is 1210. The first-order valence-corrected chi connectivity index (χ1v) is 11.6. The van der Waals surface area contributed by atoms with Crippen molar-refractivity contribution in [1.82, 2.24) is 29.7 Å². The predicted molar refractivity (Wildman–Crippen MR) is 119 cm³/mol. The molecule has 2 aliphatic rings. The van der Waals surface area contributed by atoms with Crippen molar-refractivity contribution >= 4 is 17.0 Å². The number of nitrogens with one attached hydrogen (secondary N) is 1. The van der Waals surface area contributed by atoms with Gasteiger partial charge < -0.3 is 0 Å². The molecule has 0 aliphatic carbocycles. The van der Waals surface area contributed by atoms with Crippen LogP contribution in [0.25, 0.3) is 16.2 Å². The molecule has 6 rings (SSSR count). The van der Waals surface area contributed by atoms with Gasteiger partial charge in [-0.1, -0.05) is 26.8 Å². The highest BCUT2D eigenvalue weighted by atomic mass is 32.1. The van der Waals surface area contributed by atoms with E-state index >= 15 is 0 Å². The van der Waals surface area contributed by atoms with Gasteiger partial charge in [0.1, 0.15) is 0 Å². The van der Waals surface area contributed by atoms with E-state index in [9.17, 15) is 0 Å². The van der Waals surface area contributed by atoms with Crippen LogP contribution in [0.15, 0.2) is 36.0 Å². The number of hydrogen-bond donors (Lipinski definition) is 1. The van der Waals surface area contributed by atoms with Crippen LogP contribution in [0.4, 0.5) is 0 Å². The third kappa shape index (κ3) is 2.76. The average Bonchev–Trinajstić information content (AvgIpc) is 3.47. The Morgan fingerprint density at radius 1 is 1.23 bits per heavy atom. The molecule has 6 heterocycles. The second kappa shape index (κ2) is 6.49. The quantitative estimate of drug-likeness (QED) is 0.522. The van der Waals surface area contributed by atoms with E-state index in [0.717, 1.165) is 30.0 Å².